The first-order valence-corrected chi connectivity index (χ1v) is 6.37. The molecule has 0 amide bonds. The quantitative estimate of drug-likeness (QED) is 0.779. The number of furan rings is 1. The molecule has 5 heteroatoms. The van der Waals surface area contributed by atoms with E-state index < -0.39 is 11.4 Å². The maximum atomic E-state index is 13.2. The third-order valence-corrected chi connectivity index (χ3v) is 3.46. The summed E-state index contributed by atoms with van der Waals surface area (Å²) in [7, 11) is 0. The minimum atomic E-state index is -1.47. The summed E-state index contributed by atoms with van der Waals surface area (Å²) in [6.45, 7) is 1.53. The minimum absolute atomic E-state index is 0.308. The summed E-state index contributed by atoms with van der Waals surface area (Å²) < 4.78 is 18.9. The average Bonchev–Trinajstić information content (AvgIpc) is 2.82. The Bertz CT molecular complexity index is 782. The molecule has 0 spiro atoms. The van der Waals surface area contributed by atoms with Crippen LogP contribution in [0.1, 0.15) is 18.2 Å². The summed E-state index contributed by atoms with van der Waals surface area (Å²) in [6.07, 6.45) is 2.49. The van der Waals surface area contributed by atoms with Gasteiger partial charge in [-0.2, -0.15) is 0 Å². The number of aliphatic hydroxyl groups is 1. The van der Waals surface area contributed by atoms with Crippen LogP contribution in [-0.4, -0.2) is 10.1 Å². The summed E-state index contributed by atoms with van der Waals surface area (Å²) in [6, 6.07) is 8.08. The number of rotatable bonds is 2. The summed E-state index contributed by atoms with van der Waals surface area (Å²) in [5, 5.41) is 12.0. The van der Waals surface area contributed by atoms with E-state index in [-0.39, 0.29) is 0 Å². The topological polar surface area (TPSA) is 46.3 Å². The average molecular weight is 292 g/mol. The number of pyridine rings is 1. The first kappa shape index (κ1) is 13.1. The number of hydrogen-bond donors (Lipinski definition) is 1. The Hall–Kier alpha value is -1.91. The zero-order chi connectivity index (χ0) is 14.3. The van der Waals surface area contributed by atoms with Crippen LogP contribution in [0.2, 0.25) is 5.02 Å². The standard InChI is InChI=1S/C15H11ClFNO2/c1-15(19,10-6-12(17)8-18-7-10)14-5-9-4-11(16)2-3-13(9)20-14/h2-8,19H,1H3. The maximum absolute atomic E-state index is 13.2. The van der Waals surface area contributed by atoms with Gasteiger partial charge in [0.05, 0.1) is 6.20 Å². The van der Waals surface area contributed by atoms with Gasteiger partial charge in [-0.1, -0.05) is 11.6 Å². The lowest BCUT2D eigenvalue weighted by Crippen LogP contribution is -2.22. The molecular weight excluding hydrogens is 281 g/mol. The van der Waals surface area contributed by atoms with Gasteiger partial charge < -0.3 is 9.52 Å². The van der Waals surface area contributed by atoms with E-state index in [9.17, 15) is 9.50 Å². The van der Waals surface area contributed by atoms with Crippen molar-refractivity contribution >= 4 is 22.6 Å². The van der Waals surface area contributed by atoms with Crippen molar-refractivity contribution in [3.8, 4) is 0 Å². The normalized spacial score (nSPS) is 14.4. The van der Waals surface area contributed by atoms with Gasteiger partial charge in [-0.05, 0) is 37.3 Å². The van der Waals surface area contributed by atoms with Gasteiger partial charge in [-0.3, -0.25) is 4.98 Å². The molecule has 3 rings (SSSR count). The molecule has 0 saturated carbocycles. The zero-order valence-electron chi connectivity index (χ0n) is 10.6. The lowest BCUT2D eigenvalue weighted by molar-refractivity contribution is 0.0779. The van der Waals surface area contributed by atoms with Gasteiger partial charge in [0.25, 0.3) is 0 Å². The second kappa shape index (κ2) is 4.58. The van der Waals surface area contributed by atoms with Crippen LogP contribution in [0, 0.1) is 5.82 Å². The predicted octanol–water partition coefficient (Wildman–Crippen LogP) is 3.88. The number of halogens is 2. The minimum Gasteiger partial charge on any atom is -0.458 e. The van der Waals surface area contributed by atoms with E-state index in [1.54, 1.807) is 24.3 Å². The lowest BCUT2D eigenvalue weighted by atomic mass is 9.95. The second-order valence-electron chi connectivity index (χ2n) is 4.76. The zero-order valence-corrected chi connectivity index (χ0v) is 11.4. The van der Waals surface area contributed by atoms with E-state index in [4.69, 9.17) is 16.0 Å². The molecule has 1 aromatic carbocycles. The van der Waals surface area contributed by atoms with E-state index >= 15 is 0 Å². The maximum Gasteiger partial charge on any atom is 0.146 e. The molecule has 1 unspecified atom stereocenters. The second-order valence-corrected chi connectivity index (χ2v) is 5.19. The van der Waals surface area contributed by atoms with Crippen molar-refractivity contribution in [1.82, 2.24) is 4.98 Å². The van der Waals surface area contributed by atoms with Crippen LogP contribution in [-0.2, 0) is 5.60 Å². The summed E-state index contributed by atoms with van der Waals surface area (Å²) in [4.78, 5) is 3.75. The Kier molecular flexibility index (Phi) is 3.00. The van der Waals surface area contributed by atoms with Crippen molar-refractivity contribution in [3.63, 3.8) is 0 Å². The Morgan fingerprint density at radius 1 is 1.25 bits per heavy atom. The van der Waals surface area contributed by atoms with Crippen LogP contribution in [0.4, 0.5) is 4.39 Å². The van der Waals surface area contributed by atoms with E-state index in [2.05, 4.69) is 4.98 Å². The Morgan fingerprint density at radius 2 is 2.05 bits per heavy atom. The van der Waals surface area contributed by atoms with Crippen LogP contribution in [0.15, 0.2) is 47.1 Å². The molecule has 20 heavy (non-hydrogen) atoms. The van der Waals surface area contributed by atoms with E-state index in [0.717, 1.165) is 11.6 Å². The Morgan fingerprint density at radius 3 is 2.80 bits per heavy atom. The fourth-order valence-electron chi connectivity index (χ4n) is 2.07. The number of hydrogen-bond acceptors (Lipinski definition) is 3. The van der Waals surface area contributed by atoms with Gasteiger partial charge in [0.2, 0.25) is 0 Å². The number of nitrogens with zero attached hydrogens (tertiary/aromatic N) is 1. The Balaban J connectivity index is 2.13. The first-order chi connectivity index (χ1) is 9.46. The SMILES string of the molecule is CC(O)(c1cncc(F)c1)c1cc2cc(Cl)ccc2o1. The van der Waals surface area contributed by atoms with Gasteiger partial charge in [-0.25, -0.2) is 4.39 Å². The monoisotopic (exact) mass is 291 g/mol. The summed E-state index contributed by atoms with van der Waals surface area (Å²) >= 11 is 5.92. The summed E-state index contributed by atoms with van der Waals surface area (Å²) in [5.41, 5.74) is -0.544. The molecule has 0 fully saturated rings. The van der Waals surface area contributed by atoms with E-state index in [1.165, 1.54) is 19.2 Å². The number of benzene rings is 1. The third-order valence-electron chi connectivity index (χ3n) is 3.23. The van der Waals surface area contributed by atoms with Crippen LogP contribution in [0.5, 0.6) is 0 Å². The highest BCUT2D eigenvalue weighted by atomic mass is 35.5. The molecule has 0 bridgehead atoms. The van der Waals surface area contributed by atoms with Crippen molar-refractivity contribution in [2.45, 2.75) is 12.5 Å². The highest BCUT2D eigenvalue weighted by Crippen LogP contribution is 2.34. The Labute approximate surface area is 119 Å². The number of fused-ring (bicyclic) bond motifs is 1. The van der Waals surface area contributed by atoms with E-state index in [1.807, 2.05) is 0 Å². The van der Waals surface area contributed by atoms with E-state index in [0.29, 0.717) is 21.9 Å². The van der Waals surface area contributed by atoms with Gasteiger partial charge in [0.15, 0.2) is 0 Å². The molecule has 2 aromatic heterocycles. The van der Waals surface area contributed by atoms with Gasteiger partial charge in [0, 0.05) is 22.2 Å². The largest absolute Gasteiger partial charge is 0.458 e. The molecule has 0 aliphatic carbocycles. The highest BCUT2D eigenvalue weighted by molar-refractivity contribution is 6.31. The molecule has 0 aliphatic heterocycles. The third kappa shape index (κ3) is 2.17. The molecular formula is C15H11ClFNO2. The molecule has 2 heterocycles. The van der Waals surface area contributed by atoms with Crippen LogP contribution < -0.4 is 0 Å². The van der Waals surface area contributed by atoms with Crippen LogP contribution in [0.25, 0.3) is 11.0 Å². The first-order valence-electron chi connectivity index (χ1n) is 6.00. The molecule has 3 aromatic rings. The highest BCUT2D eigenvalue weighted by Gasteiger charge is 2.30. The molecule has 0 saturated heterocycles. The van der Waals surface area contributed by atoms with Crippen LogP contribution in [0.3, 0.4) is 0 Å². The molecule has 102 valence electrons. The molecule has 1 N–H and O–H groups in total. The van der Waals surface area contributed by atoms with Gasteiger partial charge >= 0.3 is 0 Å². The van der Waals surface area contributed by atoms with Gasteiger partial charge in [0.1, 0.15) is 22.8 Å². The molecule has 0 radical (unpaired) electrons. The van der Waals surface area contributed by atoms with Crippen molar-refractivity contribution < 1.29 is 13.9 Å². The number of aromatic nitrogens is 1. The van der Waals surface area contributed by atoms with Crippen molar-refractivity contribution in [1.29, 1.82) is 0 Å². The lowest BCUT2D eigenvalue weighted by Gasteiger charge is -2.20. The van der Waals surface area contributed by atoms with Crippen LogP contribution >= 0.6 is 11.6 Å². The van der Waals surface area contributed by atoms with Crippen molar-refractivity contribution in [2.75, 3.05) is 0 Å². The predicted molar refractivity (Wildman–Crippen MR) is 74.1 cm³/mol. The smallest absolute Gasteiger partial charge is 0.146 e. The van der Waals surface area contributed by atoms with Gasteiger partial charge in [-0.15, -0.1) is 0 Å². The fraction of sp³-hybridized carbons (Fsp3) is 0.133. The molecule has 1 atom stereocenters. The molecule has 3 nitrogen and oxygen atoms in total. The summed E-state index contributed by atoms with van der Waals surface area (Å²) in [5.74, 6) is -0.205. The molecule has 0 aliphatic rings. The fourth-order valence-corrected chi connectivity index (χ4v) is 2.25. The van der Waals surface area contributed by atoms with Crippen molar-refractivity contribution in [3.05, 3.63) is 64.9 Å². The van der Waals surface area contributed by atoms with Crippen molar-refractivity contribution in [2.24, 2.45) is 0 Å².